The van der Waals surface area contributed by atoms with Crippen LogP contribution >= 0.6 is 0 Å². The summed E-state index contributed by atoms with van der Waals surface area (Å²) in [5, 5.41) is 0. The van der Waals surface area contributed by atoms with Crippen LogP contribution in [0.15, 0.2) is 42.9 Å². The van der Waals surface area contributed by atoms with Crippen LogP contribution in [0.1, 0.15) is 23.2 Å². The zero-order valence-electron chi connectivity index (χ0n) is 14.3. The molecular formula is C19H23N5O. The molecule has 25 heavy (non-hydrogen) atoms. The molecule has 6 heteroatoms. The minimum absolute atomic E-state index is 0.101. The molecule has 2 aliphatic heterocycles. The van der Waals surface area contributed by atoms with Crippen molar-refractivity contribution >= 4 is 17.4 Å². The number of carbonyl (C=O) groups excluding carboxylic acids is 1. The van der Waals surface area contributed by atoms with Crippen LogP contribution in [0, 0.1) is 0 Å². The summed E-state index contributed by atoms with van der Waals surface area (Å²) in [4.78, 5) is 28.1. The van der Waals surface area contributed by atoms with E-state index in [0.29, 0.717) is 0 Å². The summed E-state index contributed by atoms with van der Waals surface area (Å²) in [5.74, 6) is 0.950. The zero-order chi connectivity index (χ0) is 17.1. The van der Waals surface area contributed by atoms with Gasteiger partial charge in [-0.1, -0.05) is 0 Å². The molecule has 2 aromatic rings. The van der Waals surface area contributed by atoms with E-state index in [4.69, 9.17) is 0 Å². The summed E-state index contributed by atoms with van der Waals surface area (Å²) >= 11 is 0. The highest BCUT2D eigenvalue weighted by molar-refractivity contribution is 5.99. The number of nitrogens with zero attached hydrogens (tertiary/aromatic N) is 5. The first-order valence-electron chi connectivity index (χ1n) is 8.97. The third kappa shape index (κ3) is 3.29. The van der Waals surface area contributed by atoms with Crippen LogP contribution < -0.4 is 9.80 Å². The van der Waals surface area contributed by atoms with Gasteiger partial charge in [-0.3, -0.25) is 9.78 Å². The van der Waals surface area contributed by atoms with Crippen molar-refractivity contribution < 1.29 is 4.79 Å². The largest absolute Gasteiger partial charge is 0.368 e. The normalized spacial score (nSPS) is 17.8. The number of piperazine rings is 1. The number of amides is 1. The zero-order valence-corrected chi connectivity index (χ0v) is 14.3. The summed E-state index contributed by atoms with van der Waals surface area (Å²) in [7, 11) is 0. The second-order valence-electron chi connectivity index (χ2n) is 6.55. The molecule has 0 N–H and O–H groups in total. The van der Waals surface area contributed by atoms with Crippen LogP contribution in [0.3, 0.4) is 0 Å². The Kier molecular flexibility index (Phi) is 4.50. The van der Waals surface area contributed by atoms with Gasteiger partial charge < -0.3 is 14.7 Å². The Bertz CT molecular complexity index is 722. The van der Waals surface area contributed by atoms with Gasteiger partial charge in [-0.15, -0.1) is 0 Å². The second kappa shape index (κ2) is 7.09. The first kappa shape index (κ1) is 15.9. The molecule has 0 aromatic carbocycles. The van der Waals surface area contributed by atoms with Crippen LogP contribution in [0.4, 0.5) is 11.5 Å². The molecule has 2 saturated heterocycles. The van der Waals surface area contributed by atoms with Gasteiger partial charge >= 0.3 is 0 Å². The first-order valence-corrected chi connectivity index (χ1v) is 8.97. The molecule has 0 atom stereocenters. The lowest BCUT2D eigenvalue weighted by Gasteiger charge is -2.36. The van der Waals surface area contributed by atoms with E-state index in [0.717, 1.165) is 50.6 Å². The monoisotopic (exact) mass is 337 g/mol. The van der Waals surface area contributed by atoms with Gasteiger partial charge in [0.25, 0.3) is 5.91 Å². The number of hydrogen-bond acceptors (Lipinski definition) is 5. The number of aromatic nitrogens is 2. The number of pyridine rings is 2. The number of hydrogen-bond donors (Lipinski definition) is 0. The molecule has 4 rings (SSSR count). The highest BCUT2D eigenvalue weighted by Crippen LogP contribution is 2.24. The molecule has 2 aromatic heterocycles. The Labute approximate surface area is 148 Å². The lowest BCUT2D eigenvalue weighted by Crippen LogP contribution is -2.49. The van der Waals surface area contributed by atoms with Crippen molar-refractivity contribution in [3.63, 3.8) is 0 Å². The fraction of sp³-hybridized carbons (Fsp3) is 0.421. The highest BCUT2D eigenvalue weighted by atomic mass is 16.2. The van der Waals surface area contributed by atoms with Gasteiger partial charge in [0.1, 0.15) is 5.82 Å². The van der Waals surface area contributed by atoms with Gasteiger partial charge in [0.15, 0.2) is 0 Å². The van der Waals surface area contributed by atoms with Crippen molar-refractivity contribution in [3.05, 3.63) is 48.4 Å². The van der Waals surface area contributed by atoms with E-state index >= 15 is 0 Å². The van der Waals surface area contributed by atoms with Gasteiger partial charge in [0.2, 0.25) is 0 Å². The summed E-state index contributed by atoms with van der Waals surface area (Å²) in [6.45, 7) is 5.13. The predicted molar refractivity (Wildman–Crippen MR) is 98.0 cm³/mol. The van der Waals surface area contributed by atoms with Crippen molar-refractivity contribution in [1.82, 2.24) is 14.9 Å². The van der Waals surface area contributed by atoms with E-state index in [1.54, 1.807) is 6.20 Å². The lowest BCUT2D eigenvalue weighted by atomic mass is 10.2. The molecule has 0 bridgehead atoms. The Morgan fingerprint density at radius 3 is 2.28 bits per heavy atom. The molecular weight excluding hydrogens is 314 g/mol. The molecule has 4 heterocycles. The number of anilines is 2. The van der Waals surface area contributed by atoms with Crippen LogP contribution in [-0.2, 0) is 0 Å². The average Bonchev–Trinajstić information content (AvgIpc) is 3.23. The van der Waals surface area contributed by atoms with Gasteiger partial charge in [-0.25, -0.2) is 4.98 Å². The third-order valence-corrected chi connectivity index (χ3v) is 5.02. The van der Waals surface area contributed by atoms with Crippen LogP contribution in [0.2, 0.25) is 0 Å². The Balaban J connectivity index is 1.46. The van der Waals surface area contributed by atoms with Crippen molar-refractivity contribution in [1.29, 1.82) is 0 Å². The standard InChI is InChI=1S/C19H23N5O/c25-19(17-4-3-7-21-18(17)23-10-1-2-11-23)24-14-12-22(13-15-24)16-5-8-20-9-6-16/h3-9H,1-2,10-15H2. The Morgan fingerprint density at radius 2 is 1.56 bits per heavy atom. The highest BCUT2D eigenvalue weighted by Gasteiger charge is 2.26. The molecule has 0 aliphatic carbocycles. The number of carbonyl (C=O) groups is 1. The van der Waals surface area contributed by atoms with Gasteiger partial charge in [-0.05, 0) is 37.1 Å². The van der Waals surface area contributed by atoms with E-state index in [9.17, 15) is 4.79 Å². The fourth-order valence-electron chi connectivity index (χ4n) is 3.64. The Morgan fingerprint density at radius 1 is 0.840 bits per heavy atom. The number of rotatable bonds is 3. The van der Waals surface area contributed by atoms with Crippen molar-refractivity contribution in [2.45, 2.75) is 12.8 Å². The summed E-state index contributed by atoms with van der Waals surface area (Å²) in [6, 6.07) is 7.81. The van der Waals surface area contributed by atoms with E-state index in [1.807, 2.05) is 41.6 Å². The van der Waals surface area contributed by atoms with Crippen LogP contribution in [-0.4, -0.2) is 60.0 Å². The van der Waals surface area contributed by atoms with Gasteiger partial charge in [0, 0.05) is 63.5 Å². The van der Waals surface area contributed by atoms with E-state index in [2.05, 4.69) is 19.8 Å². The molecule has 0 spiro atoms. The van der Waals surface area contributed by atoms with Crippen LogP contribution in [0.5, 0.6) is 0 Å². The molecule has 1 amide bonds. The van der Waals surface area contributed by atoms with Crippen LogP contribution in [0.25, 0.3) is 0 Å². The second-order valence-corrected chi connectivity index (χ2v) is 6.55. The molecule has 2 fully saturated rings. The maximum absolute atomic E-state index is 13.1. The lowest BCUT2D eigenvalue weighted by molar-refractivity contribution is 0.0747. The minimum Gasteiger partial charge on any atom is -0.368 e. The summed E-state index contributed by atoms with van der Waals surface area (Å²) < 4.78 is 0. The molecule has 0 radical (unpaired) electrons. The van der Waals surface area contributed by atoms with E-state index in [-0.39, 0.29) is 5.91 Å². The Hall–Kier alpha value is -2.63. The maximum Gasteiger partial charge on any atom is 0.257 e. The quantitative estimate of drug-likeness (QED) is 0.858. The molecule has 130 valence electrons. The fourth-order valence-corrected chi connectivity index (χ4v) is 3.64. The van der Waals surface area contributed by atoms with E-state index < -0.39 is 0 Å². The van der Waals surface area contributed by atoms with Crippen molar-refractivity contribution in [3.8, 4) is 0 Å². The SMILES string of the molecule is O=C(c1cccnc1N1CCCC1)N1CCN(c2ccncc2)CC1. The maximum atomic E-state index is 13.1. The van der Waals surface area contributed by atoms with E-state index in [1.165, 1.54) is 18.5 Å². The smallest absolute Gasteiger partial charge is 0.257 e. The molecule has 6 nitrogen and oxygen atoms in total. The van der Waals surface area contributed by atoms with Crippen molar-refractivity contribution in [2.75, 3.05) is 49.1 Å². The minimum atomic E-state index is 0.101. The predicted octanol–water partition coefficient (Wildman–Crippen LogP) is 2.04. The van der Waals surface area contributed by atoms with Crippen molar-refractivity contribution in [2.24, 2.45) is 0 Å². The first-order chi connectivity index (χ1) is 12.3. The van der Waals surface area contributed by atoms with Gasteiger partial charge in [0.05, 0.1) is 5.56 Å². The average molecular weight is 337 g/mol. The van der Waals surface area contributed by atoms with Gasteiger partial charge in [-0.2, -0.15) is 0 Å². The molecule has 0 unspecified atom stereocenters. The third-order valence-electron chi connectivity index (χ3n) is 5.02. The topological polar surface area (TPSA) is 52.6 Å². The summed E-state index contributed by atoms with van der Waals surface area (Å²) in [5.41, 5.74) is 1.91. The molecule has 2 aliphatic rings. The summed E-state index contributed by atoms with van der Waals surface area (Å²) in [6.07, 6.45) is 7.76. The molecule has 0 saturated carbocycles.